The van der Waals surface area contributed by atoms with Crippen molar-refractivity contribution >= 4 is 5.91 Å². The zero-order chi connectivity index (χ0) is 11.3. The third-order valence-electron chi connectivity index (χ3n) is 3.22. The minimum atomic E-state index is 0.0604. The normalized spacial score (nSPS) is 26.3. The van der Waals surface area contributed by atoms with Crippen LogP contribution in [0.3, 0.4) is 0 Å². The quantitative estimate of drug-likeness (QED) is 0.768. The minimum Gasteiger partial charge on any atom is -0.342 e. The highest BCUT2D eigenvalue weighted by molar-refractivity contribution is 5.82. The number of likely N-dealkylation sites (N-methyl/N-ethyl adjacent to an activating group) is 1. The minimum absolute atomic E-state index is 0.0604. The molecule has 0 aromatic rings. The largest absolute Gasteiger partial charge is 0.342 e. The molecule has 2 unspecified atom stereocenters. The van der Waals surface area contributed by atoms with Gasteiger partial charge < -0.3 is 10.2 Å². The predicted octanol–water partition coefficient (Wildman–Crippen LogP) is 1.63. The first-order valence-corrected chi connectivity index (χ1v) is 6.22. The van der Waals surface area contributed by atoms with E-state index in [4.69, 9.17) is 0 Å². The van der Waals surface area contributed by atoms with Crippen molar-refractivity contribution in [2.45, 2.75) is 46.1 Å². The molecule has 3 heteroatoms. The van der Waals surface area contributed by atoms with Gasteiger partial charge in [0, 0.05) is 13.1 Å². The Morgan fingerprint density at radius 1 is 1.47 bits per heavy atom. The van der Waals surface area contributed by atoms with Gasteiger partial charge in [0.1, 0.15) is 0 Å². The number of hydrogen-bond donors (Lipinski definition) is 1. The van der Waals surface area contributed by atoms with Crippen molar-refractivity contribution in [1.29, 1.82) is 0 Å². The molecule has 0 aromatic carbocycles. The van der Waals surface area contributed by atoms with Crippen molar-refractivity contribution in [3.63, 3.8) is 0 Å². The van der Waals surface area contributed by atoms with Crippen molar-refractivity contribution in [2.24, 2.45) is 5.92 Å². The molecule has 1 aliphatic rings. The number of hydrogen-bond acceptors (Lipinski definition) is 2. The van der Waals surface area contributed by atoms with Gasteiger partial charge in [0.2, 0.25) is 5.91 Å². The number of carbonyl (C=O) groups is 1. The molecule has 1 N–H and O–H groups in total. The summed E-state index contributed by atoms with van der Waals surface area (Å²) in [5.41, 5.74) is 0. The molecule has 3 nitrogen and oxygen atoms in total. The Labute approximate surface area is 93.2 Å². The van der Waals surface area contributed by atoms with E-state index in [1.165, 1.54) is 12.8 Å². The lowest BCUT2D eigenvalue weighted by molar-refractivity contribution is -0.135. The van der Waals surface area contributed by atoms with Crippen molar-refractivity contribution in [1.82, 2.24) is 10.2 Å². The molecule has 0 aromatic heterocycles. The van der Waals surface area contributed by atoms with Crippen LogP contribution >= 0.6 is 0 Å². The number of nitrogens with zero attached hydrogens (tertiary/aromatic N) is 1. The first-order valence-electron chi connectivity index (χ1n) is 6.22. The maximum atomic E-state index is 12.2. The van der Waals surface area contributed by atoms with E-state index in [1.807, 2.05) is 4.90 Å². The summed E-state index contributed by atoms with van der Waals surface area (Å²) in [6.07, 6.45) is 3.42. The molecule has 0 spiro atoms. The lowest BCUT2D eigenvalue weighted by atomic mass is 9.92. The molecular weight excluding hydrogens is 188 g/mol. The zero-order valence-corrected chi connectivity index (χ0v) is 10.3. The van der Waals surface area contributed by atoms with Crippen LogP contribution in [0, 0.1) is 5.92 Å². The predicted molar refractivity (Wildman–Crippen MR) is 62.7 cm³/mol. The van der Waals surface area contributed by atoms with E-state index in [0.29, 0.717) is 11.8 Å². The van der Waals surface area contributed by atoms with Gasteiger partial charge >= 0.3 is 0 Å². The van der Waals surface area contributed by atoms with Crippen molar-refractivity contribution < 1.29 is 4.79 Å². The Morgan fingerprint density at radius 2 is 2.20 bits per heavy atom. The number of piperidine rings is 1. The van der Waals surface area contributed by atoms with Crippen LogP contribution in [0.2, 0.25) is 0 Å². The Bertz CT molecular complexity index is 206. The first-order chi connectivity index (χ1) is 7.20. The maximum Gasteiger partial charge on any atom is 0.239 e. The molecule has 1 aliphatic heterocycles. The SMILES string of the molecule is CCCN(CC)C(=O)C1NCCCC1C. The molecule has 2 atom stereocenters. The molecule has 0 bridgehead atoms. The second-order valence-corrected chi connectivity index (χ2v) is 4.47. The van der Waals surface area contributed by atoms with Crippen LogP contribution in [0.25, 0.3) is 0 Å². The summed E-state index contributed by atoms with van der Waals surface area (Å²) in [4.78, 5) is 14.2. The van der Waals surface area contributed by atoms with E-state index in [1.54, 1.807) is 0 Å². The number of nitrogens with one attached hydrogen (secondary N) is 1. The number of carbonyl (C=O) groups excluding carboxylic acids is 1. The smallest absolute Gasteiger partial charge is 0.239 e. The lowest BCUT2D eigenvalue weighted by Gasteiger charge is -2.33. The fourth-order valence-electron chi connectivity index (χ4n) is 2.27. The molecule has 0 radical (unpaired) electrons. The third-order valence-corrected chi connectivity index (χ3v) is 3.22. The van der Waals surface area contributed by atoms with Crippen molar-refractivity contribution in [3.05, 3.63) is 0 Å². The summed E-state index contributed by atoms with van der Waals surface area (Å²) >= 11 is 0. The molecule has 88 valence electrons. The molecule has 1 fully saturated rings. The van der Waals surface area contributed by atoms with Crippen molar-refractivity contribution in [2.75, 3.05) is 19.6 Å². The average molecular weight is 212 g/mol. The van der Waals surface area contributed by atoms with E-state index in [9.17, 15) is 4.79 Å². The molecule has 15 heavy (non-hydrogen) atoms. The molecule has 1 rings (SSSR count). The van der Waals surface area contributed by atoms with Crippen LogP contribution in [0.15, 0.2) is 0 Å². The Balaban J connectivity index is 2.55. The van der Waals surface area contributed by atoms with Gasteiger partial charge in [-0.1, -0.05) is 13.8 Å². The van der Waals surface area contributed by atoms with Crippen LogP contribution < -0.4 is 5.32 Å². The van der Waals surface area contributed by atoms with E-state index in [-0.39, 0.29) is 6.04 Å². The molecular formula is C12H24N2O. The van der Waals surface area contributed by atoms with Gasteiger partial charge in [-0.3, -0.25) is 4.79 Å². The van der Waals surface area contributed by atoms with Gasteiger partial charge in [0.15, 0.2) is 0 Å². The van der Waals surface area contributed by atoms with E-state index >= 15 is 0 Å². The Kier molecular flexibility index (Phi) is 5.09. The second-order valence-electron chi connectivity index (χ2n) is 4.47. The fourth-order valence-corrected chi connectivity index (χ4v) is 2.27. The van der Waals surface area contributed by atoms with Crippen LogP contribution in [0.4, 0.5) is 0 Å². The summed E-state index contributed by atoms with van der Waals surface area (Å²) < 4.78 is 0. The lowest BCUT2D eigenvalue weighted by Crippen LogP contribution is -2.52. The molecule has 0 aliphatic carbocycles. The van der Waals surface area contributed by atoms with E-state index < -0.39 is 0 Å². The van der Waals surface area contributed by atoms with Gasteiger partial charge in [-0.2, -0.15) is 0 Å². The number of amides is 1. The highest BCUT2D eigenvalue weighted by Crippen LogP contribution is 2.17. The monoisotopic (exact) mass is 212 g/mol. The molecule has 0 saturated carbocycles. The molecule has 1 amide bonds. The highest BCUT2D eigenvalue weighted by Gasteiger charge is 2.29. The van der Waals surface area contributed by atoms with E-state index in [0.717, 1.165) is 26.1 Å². The summed E-state index contributed by atoms with van der Waals surface area (Å²) in [6, 6.07) is 0.0604. The highest BCUT2D eigenvalue weighted by atomic mass is 16.2. The molecule has 1 heterocycles. The summed E-state index contributed by atoms with van der Waals surface area (Å²) in [7, 11) is 0. The van der Waals surface area contributed by atoms with Crippen LogP contribution in [-0.2, 0) is 4.79 Å². The third kappa shape index (κ3) is 3.20. The molecule has 1 saturated heterocycles. The van der Waals surface area contributed by atoms with Crippen LogP contribution in [0.1, 0.15) is 40.0 Å². The maximum absolute atomic E-state index is 12.2. The summed E-state index contributed by atoms with van der Waals surface area (Å²) in [6.45, 7) is 9.06. The zero-order valence-electron chi connectivity index (χ0n) is 10.3. The van der Waals surface area contributed by atoms with Gasteiger partial charge in [-0.25, -0.2) is 0 Å². The van der Waals surface area contributed by atoms with Crippen LogP contribution in [-0.4, -0.2) is 36.5 Å². The second kappa shape index (κ2) is 6.11. The Hall–Kier alpha value is -0.570. The number of rotatable bonds is 4. The van der Waals surface area contributed by atoms with Gasteiger partial charge in [-0.15, -0.1) is 0 Å². The van der Waals surface area contributed by atoms with Gasteiger partial charge in [-0.05, 0) is 38.6 Å². The van der Waals surface area contributed by atoms with E-state index in [2.05, 4.69) is 26.1 Å². The van der Waals surface area contributed by atoms with Gasteiger partial charge in [0.25, 0.3) is 0 Å². The summed E-state index contributed by atoms with van der Waals surface area (Å²) in [5.74, 6) is 0.781. The summed E-state index contributed by atoms with van der Waals surface area (Å²) in [5, 5.41) is 3.35. The van der Waals surface area contributed by atoms with Crippen LogP contribution in [0.5, 0.6) is 0 Å². The fraction of sp³-hybridized carbons (Fsp3) is 0.917. The van der Waals surface area contributed by atoms with Gasteiger partial charge in [0.05, 0.1) is 6.04 Å². The average Bonchev–Trinajstić information content (AvgIpc) is 2.25. The topological polar surface area (TPSA) is 32.3 Å². The Morgan fingerprint density at radius 3 is 2.73 bits per heavy atom. The first kappa shape index (κ1) is 12.5. The standard InChI is InChI=1S/C12H24N2O/c1-4-9-14(5-2)12(15)11-10(3)7-6-8-13-11/h10-11,13H,4-9H2,1-3H3. The van der Waals surface area contributed by atoms with Crippen molar-refractivity contribution in [3.8, 4) is 0 Å².